The summed E-state index contributed by atoms with van der Waals surface area (Å²) in [5.41, 5.74) is 0. The number of rotatable bonds is 0. The van der Waals surface area contributed by atoms with Crippen molar-refractivity contribution in [1.29, 1.82) is 0 Å². The molecule has 0 atom stereocenters. The smallest absolute Gasteiger partial charge is 1.00 e. The third-order valence-corrected chi connectivity index (χ3v) is 1.11. The molecule has 0 aliphatic carbocycles. The van der Waals surface area contributed by atoms with Gasteiger partial charge in [-0.25, -0.2) is 24.3 Å². The summed E-state index contributed by atoms with van der Waals surface area (Å²) < 4.78 is 0. The topological polar surface area (TPSA) is 0 Å². The molecule has 1 radical (unpaired) electrons. The summed E-state index contributed by atoms with van der Waals surface area (Å²) >= 11 is 0. The van der Waals surface area contributed by atoms with Gasteiger partial charge in [0.25, 0.3) is 0 Å². The van der Waals surface area contributed by atoms with Crippen LogP contribution in [0.3, 0.4) is 0 Å². The molecule has 0 saturated carbocycles. The Morgan fingerprint density at radius 2 is 0.783 bits per heavy atom. The van der Waals surface area contributed by atoms with Crippen LogP contribution in [-0.2, 0) is 38.1 Å². The first-order chi connectivity index (χ1) is 9.00. The summed E-state index contributed by atoms with van der Waals surface area (Å²) in [4.78, 5) is 0. The molecule has 23 heavy (non-hydrogen) atoms. The Bertz CT molecular complexity index is 288. The summed E-state index contributed by atoms with van der Waals surface area (Å²) in [7, 11) is -1.72. The van der Waals surface area contributed by atoms with Crippen LogP contribution in [0.4, 0.5) is 0 Å². The van der Waals surface area contributed by atoms with Gasteiger partial charge in [0, 0.05) is 21.1 Å². The van der Waals surface area contributed by atoms with Crippen molar-refractivity contribution in [1.82, 2.24) is 0 Å². The Kier molecular flexibility index (Phi) is 32.0. The van der Waals surface area contributed by atoms with E-state index in [0.29, 0.717) is 0 Å². The summed E-state index contributed by atoms with van der Waals surface area (Å²) in [5.74, 6) is 0. The van der Waals surface area contributed by atoms with Crippen LogP contribution in [0.25, 0.3) is 0 Å². The summed E-state index contributed by atoms with van der Waals surface area (Å²) in [6, 6.07) is 20.0. The zero-order valence-corrected chi connectivity index (χ0v) is 21.8. The Hall–Kier alpha value is 0.939. The van der Waals surface area contributed by atoms with Gasteiger partial charge >= 0.3 is 35.9 Å². The van der Waals surface area contributed by atoms with Gasteiger partial charge in [0.05, 0.1) is 0 Å². The van der Waals surface area contributed by atoms with Crippen LogP contribution >= 0.6 is 0 Å². The monoisotopic (exact) mass is 560 g/mol. The van der Waals surface area contributed by atoms with E-state index in [4.69, 9.17) is 0 Å². The minimum absolute atomic E-state index is 0. The second kappa shape index (κ2) is 21.0. The third kappa shape index (κ3) is 84.0. The fourth-order valence-corrected chi connectivity index (χ4v) is 0.642. The quantitative estimate of drug-likeness (QED) is 0.342. The van der Waals surface area contributed by atoms with E-state index in [1.54, 1.807) is 0 Å². The second-order valence-corrected chi connectivity index (χ2v) is 17.3. The van der Waals surface area contributed by atoms with Crippen LogP contribution < -0.4 is 18.9 Å². The van der Waals surface area contributed by atoms with Crippen molar-refractivity contribution in [3.63, 3.8) is 0 Å². The van der Waals surface area contributed by atoms with E-state index in [1.165, 1.54) is 0 Å². The van der Waals surface area contributed by atoms with Crippen LogP contribution in [-0.4, -0.2) is 16.1 Å². The van der Waals surface area contributed by atoms with Gasteiger partial charge in [-0.15, -0.1) is 16.1 Å². The Labute approximate surface area is 187 Å². The van der Waals surface area contributed by atoms with Gasteiger partial charge in [0.2, 0.25) is 0 Å². The summed E-state index contributed by atoms with van der Waals surface area (Å²) in [6.07, 6.45) is 0. The van der Waals surface area contributed by atoms with Gasteiger partial charge < -0.3 is 15.9 Å². The predicted octanol–water partition coefficient (Wildman–Crippen LogP) is 3.43. The molecule has 135 valence electrons. The molecular weight excluding hydrogens is 527 g/mol. The maximum absolute atomic E-state index is 3.91. The average molecular weight is 561 g/mol. The van der Waals surface area contributed by atoms with E-state index in [0.717, 1.165) is 0 Å². The molecule has 2 aromatic rings. The Morgan fingerprint density at radius 1 is 0.652 bits per heavy atom. The zero-order valence-electron chi connectivity index (χ0n) is 17.9. The van der Waals surface area contributed by atoms with Crippen molar-refractivity contribution >= 4 is 16.1 Å². The SMILES string of the molecule is [CH2-][Si](C)(C)C.[CH2-][Si](C)(C)C.[Cu+2].[H-].[H-].[Li+].[W].c1cc[cH-]c1.c1cc[cH-]c1. The van der Waals surface area contributed by atoms with E-state index in [-0.39, 0.29) is 59.8 Å². The van der Waals surface area contributed by atoms with Crippen molar-refractivity contribution in [2.75, 3.05) is 0 Å². The van der Waals surface area contributed by atoms with Crippen LogP contribution in [0, 0.1) is 13.1 Å². The van der Waals surface area contributed by atoms with Crippen molar-refractivity contribution in [2.24, 2.45) is 0 Å². The Morgan fingerprint density at radius 3 is 0.826 bits per heavy atom. The van der Waals surface area contributed by atoms with Crippen LogP contribution in [0.2, 0.25) is 39.3 Å². The molecule has 5 heteroatoms. The Balaban J connectivity index is -0.0000000324. The molecule has 0 unspecified atom stereocenters. The molecule has 0 aromatic heterocycles. The molecule has 0 aliphatic heterocycles. The van der Waals surface area contributed by atoms with Gasteiger partial charge in [0.15, 0.2) is 0 Å². The molecule has 0 fully saturated rings. The van der Waals surface area contributed by atoms with E-state index < -0.39 is 16.1 Å². The molecular formula is C18H34CuLiSi2W-3. The molecule has 0 amide bonds. The first kappa shape index (κ1) is 35.1. The van der Waals surface area contributed by atoms with Crippen LogP contribution in [0.5, 0.6) is 0 Å². The molecule has 0 saturated heterocycles. The van der Waals surface area contributed by atoms with E-state index >= 15 is 0 Å². The molecule has 0 heterocycles. The number of hydrogen-bond acceptors (Lipinski definition) is 0. The van der Waals surface area contributed by atoms with E-state index in [2.05, 4.69) is 52.4 Å². The van der Waals surface area contributed by atoms with Gasteiger partial charge in [-0.3, -0.25) is 0 Å². The first-order valence-corrected chi connectivity index (χ1v) is 14.5. The third-order valence-electron chi connectivity index (χ3n) is 1.11. The minimum atomic E-state index is -0.861. The second-order valence-electron chi connectivity index (χ2n) is 7.05. The van der Waals surface area contributed by atoms with Gasteiger partial charge in [-0.1, -0.05) is 39.3 Å². The maximum atomic E-state index is 3.91. The maximum Gasteiger partial charge on any atom is 2.00 e. The van der Waals surface area contributed by atoms with E-state index in [9.17, 15) is 0 Å². The first-order valence-electron chi connectivity index (χ1n) is 7.04. The van der Waals surface area contributed by atoms with Gasteiger partial charge in [-0.2, -0.15) is 36.4 Å². The molecule has 0 bridgehead atoms. The molecule has 0 nitrogen and oxygen atoms in total. The van der Waals surface area contributed by atoms with Crippen molar-refractivity contribution in [2.45, 2.75) is 39.3 Å². The van der Waals surface area contributed by atoms with Crippen LogP contribution in [0.1, 0.15) is 2.85 Å². The minimum Gasteiger partial charge on any atom is -1.00 e. The molecule has 2 aromatic carbocycles. The van der Waals surface area contributed by atoms with Gasteiger partial charge in [-0.05, 0) is 0 Å². The van der Waals surface area contributed by atoms with Crippen molar-refractivity contribution in [3.05, 3.63) is 73.8 Å². The van der Waals surface area contributed by atoms with E-state index in [1.807, 2.05) is 60.7 Å². The number of hydrogen-bond donors (Lipinski definition) is 0. The van der Waals surface area contributed by atoms with Gasteiger partial charge in [0.1, 0.15) is 0 Å². The molecule has 2 rings (SSSR count). The normalized spacial score (nSPS) is 8.70. The fourth-order valence-electron chi connectivity index (χ4n) is 0.642. The average Bonchev–Trinajstić information content (AvgIpc) is 2.92. The van der Waals surface area contributed by atoms with Crippen LogP contribution in [0.15, 0.2) is 60.7 Å². The summed E-state index contributed by atoms with van der Waals surface area (Å²) in [5, 5.41) is 0. The fraction of sp³-hybridized carbons (Fsp3) is 0.333. The van der Waals surface area contributed by atoms with Crippen molar-refractivity contribution in [3.8, 4) is 0 Å². The standard InChI is InChI=1S/2C5H5.2C4H11Si.Cu.Li.W.2H/c2*1-2-4-5-3-1;2*1-5(2,3)4;;;;;/h2*1-5H;2*1H2,2-4H3;;;;;/q4*-1;+2;+1;;2*-1. The summed E-state index contributed by atoms with van der Waals surface area (Å²) in [6.45, 7) is 21.1. The zero-order chi connectivity index (χ0) is 16.1. The molecule has 0 spiro atoms. The molecule has 0 aliphatic rings. The molecule has 0 N–H and O–H groups in total. The predicted molar refractivity (Wildman–Crippen MR) is 104 cm³/mol. The largest absolute Gasteiger partial charge is 2.00 e. The van der Waals surface area contributed by atoms with Crippen molar-refractivity contribution < 1.29 is 59.8 Å².